The van der Waals surface area contributed by atoms with Crippen molar-refractivity contribution in [3.05, 3.63) is 44.6 Å². The Labute approximate surface area is 535 Å². The van der Waals surface area contributed by atoms with Crippen LogP contribution in [-0.4, -0.2) is 220 Å². The van der Waals surface area contributed by atoms with E-state index in [9.17, 15) is 52.7 Å². The predicted octanol–water partition coefficient (Wildman–Crippen LogP) is 1.22. The van der Waals surface area contributed by atoms with Crippen molar-refractivity contribution in [2.24, 2.45) is 35.5 Å². The topological polar surface area (TPSA) is 360 Å². The lowest BCUT2D eigenvalue weighted by molar-refractivity contribution is -0.163. The smallest absolute Gasteiger partial charge is 0.329 e. The van der Waals surface area contributed by atoms with E-state index in [1.54, 1.807) is 62.3 Å². The van der Waals surface area contributed by atoms with Crippen LogP contribution in [0.25, 0.3) is 22.6 Å². The molecule has 12 unspecified atom stereocenters. The van der Waals surface area contributed by atoms with Gasteiger partial charge in [-0.2, -0.15) is 0 Å². The Kier molecular flexibility index (Phi) is 21.5. The number of ether oxygens (including phenoxy) is 2. The van der Waals surface area contributed by atoms with Gasteiger partial charge in [0.25, 0.3) is 11.8 Å². The number of fused-ring (bicyclic) bond motifs is 4. The van der Waals surface area contributed by atoms with Gasteiger partial charge in [0.15, 0.2) is 11.3 Å². The molecule has 1 aromatic carbocycles. The predicted molar refractivity (Wildman–Crippen MR) is 335 cm³/mol. The number of nitrogens with two attached hydrogens (primary N) is 1. The number of esters is 2. The summed E-state index contributed by atoms with van der Waals surface area (Å²) in [6.45, 7) is 22.1. The quantitative estimate of drug-likeness (QED) is 0.120. The molecule has 502 valence electrons. The first kappa shape index (κ1) is 70.7. The molecule has 12 atom stereocenters. The number of anilines is 1. The lowest BCUT2D eigenvalue weighted by Gasteiger charge is -2.36. The van der Waals surface area contributed by atoms with Crippen LogP contribution >= 0.6 is 0 Å². The van der Waals surface area contributed by atoms with E-state index in [0.717, 1.165) is 9.80 Å². The summed E-state index contributed by atoms with van der Waals surface area (Å²) in [4.78, 5) is 200. The van der Waals surface area contributed by atoms with Gasteiger partial charge in [0.1, 0.15) is 71.8 Å². The fraction of sp³-hybridized carbons (Fsp3) is 0.625. The maximum Gasteiger partial charge on any atom is 0.329 e. The zero-order valence-corrected chi connectivity index (χ0v) is 55.9. The van der Waals surface area contributed by atoms with Gasteiger partial charge in [0.2, 0.25) is 52.7 Å². The summed E-state index contributed by atoms with van der Waals surface area (Å²) in [5, 5.41) is 10.7. The Balaban J connectivity index is 1.33. The van der Waals surface area contributed by atoms with Crippen LogP contribution in [0, 0.1) is 49.4 Å². The number of likely N-dealkylation sites (N-methyl/N-ethyl adjacent to an activating group) is 4. The van der Waals surface area contributed by atoms with E-state index < -0.39 is 191 Å². The number of carbonyl (C=O) groups excluding carboxylic acids is 12. The molecular weight excluding hydrogens is 1190 g/mol. The SMILES string of the molecule is Cc1c2oc3c(C)ccc(C(=O)NC4C(=O)NC(C(C)C)C(=O)N5CC(C)CC5C(=O)N(C)CC(=O)N(C)C(C(C)C)C(=O)OC4C)c3nc-2c(C(=O)NC2C(=O)NC(C(C)C)C(=O)N3CC(C)CC3C(=O)N(C)CC(=O)N(C)C(C(C)C)C(=O)OC2C)c(N)c1=O. The molecule has 0 saturated carbocycles. The van der Waals surface area contributed by atoms with Gasteiger partial charge in [0, 0.05) is 46.8 Å². The molecular formula is C64H90N12O16. The highest BCUT2D eigenvalue weighted by atomic mass is 16.6. The van der Waals surface area contributed by atoms with Crippen molar-refractivity contribution in [3.63, 3.8) is 0 Å². The molecule has 6 N–H and O–H groups in total. The van der Waals surface area contributed by atoms with Crippen LogP contribution in [0.2, 0.25) is 0 Å². The maximum atomic E-state index is 15.2. The third-order valence-electron chi connectivity index (χ3n) is 18.0. The number of carbonyl (C=O) groups is 12. The number of rotatable bonds is 8. The molecule has 0 bridgehead atoms. The number of aromatic nitrogens is 1. The van der Waals surface area contributed by atoms with Gasteiger partial charge in [0.05, 0.1) is 29.9 Å². The number of nitrogen functional groups attached to an aromatic ring is 1. The Morgan fingerprint density at radius 3 is 1.41 bits per heavy atom. The van der Waals surface area contributed by atoms with E-state index in [1.807, 2.05) is 13.8 Å². The third-order valence-corrected chi connectivity index (χ3v) is 18.0. The summed E-state index contributed by atoms with van der Waals surface area (Å²) in [7, 11) is 5.60. The lowest BCUT2D eigenvalue weighted by Crippen LogP contribution is -2.61. The molecule has 7 rings (SSSR count). The molecule has 92 heavy (non-hydrogen) atoms. The molecule has 4 saturated heterocycles. The number of hydrogen-bond acceptors (Lipinski definition) is 18. The zero-order valence-electron chi connectivity index (χ0n) is 55.9. The number of benzene rings is 2. The summed E-state index contributed by atoms with van der Waals surface area (Å²) < 4.78 is 18.3. The molecule has 1 aliphatic carbocycles. The van der Waals surface area contributed by atoms with Crippen molar-refractivity contribution in [3.8, 4) is 11.5 Å². The van der Waals surface area contributed by atoms with Crippen molar-refractivity contribution in [1.29, 1.82) is 0 Å². The largest absolute Gasteiger partial charge is 0.458 e. The first-order valence-electron chi connectivity index (χ1n) is 31.3. The van der Waals surface area contributed by atoms with Crippen LogP contribution in [0.4, 0.5) is 5.69 Å². The highest BCUT2D eigenvalue weighted by Gasteiger charge is 2.48. The van der Waals surface area contributed by atoms with Crippen LogP contribution in [0.15, 0.2) is 21.3 Å². The zero-order chi connectivity index (χ0) is 68.7. The molecule has 5 aliphatic heterocycles. The molecule has 10 amide bonds. The van der Waals surface area contributed by atoms with Gasteiger partial charge < -0.3 is 70.3 Å². The summed E-state index contributed by atoms with van der Waals surface area (Å²) in [5.74, 6) is -12.7. The number of hydrogen-bond donors (Lipinski definition) is 5. The lowest BCUT2D eigenvalue weighted by atomic mass is 9.98. The van der Waals surface area contributed by atoms with E-state index >= 15 is 9.59 Å². The molecule has 1 aromatic rings. The van der Waals surface area contributed by atoms with Gasteiger partial charge in [-0.05, 0) is 87.7 Å². The second-order valence-electron chi connectivity index (χ2n) is 26.9. The molecule has 5 heterocycles. The minimum Gasteiger partial charge on any atom is -0.458 e. The Morgan fingerprint density at radius 1 is 0.598 bits per heavy atom. The molecule has 0 aromatic heterocycles. The van der Waals surface area contributed by atoms with Crippen LogP contribution < -0.4 is 32.4 Å². The number of cyclic esters (lactones) is 2. The van der Waals surface area contributed by atoms with Gasteiger partial charge in [-0.15, -0.1) is 0 Å². The Bertz CT molecular complexity index is 3490. The second kappa shape index (κ2) is 28.0. The van der Waals surface area contributed by atoms with Crippen molar-refractivity contribution < 1.29 is 71.4 Å². The molecule has 4 fully saturated rings. The number of nitrogens with one attached hydrogen (secondary N) is 4. The number of nitrogens with zero attached hydrogens (tertiary/aromatic N) is 7. The minimum absolute atomic E-state index is 0.0776. The average Bonchev–Trinajstić information content (AvgIpc) is 0.921. The van der Waals surface area contributed by atoms with Gasteiger partial charge >= 0.3 is 11.9 Å². The molecule has 28 heteroatoms. The van der Waals surface area contributed by atoms with Gasteiger partial charge in [-0.1, -0.05) is 75.3 Å². The van der Waals surface area contributed by atoms with Crippen molar-refractivity contribution in [2.45, 2.75) is 170 Å². The Hall–Kier alpha value is -8.72. The normalized spacial score (nSPS) is 27.5. The summed E-state index contributed by atoms with van der Waals surface area (Å²) in [6.07, 6.45) is -2.58. The average molecular weight is 1280 g/mol. The standard InChI is InChI=1S/C64H90N12O16/c1-27(2)44-61(86)75-23-31(9)21-38(75)59(84)71(15)25-40(77)73(17)50(29(5)6)63(88)90-35(13)46(57(82)67-44)69-55(80)37-20-19-33(11)53-48(37)66-49-42(43(65)52(79)34(12)54(49)92-53)56(81)70-47-36(14)91-64(89)51(30(7)8)74(18)41(78)26-72(16)60(85)39-22-32(10)24-76(39)62(87)45(28(3)4)68-58(47)83/h19-20,27-32,35-36,38-39,44-47,50-51H,21-26,65H2,1-18H3,(H,67,82)(H,68,83)(H,69,80)(H,70,81). The molecule has 28 nitrogen and oxygen atoms in total. The third kappa shape index (κ3) is 14.2. The highest BCUT2D eigenvalue weighted by Crippen LogP contribution is 2.36. The van der Waals surface area contributed by atoms with Crippen molar-refractivity contribution in [2.75, 3.05) is 60.1 Å². The van der Waals surface area contributed by atoms with E-state index in [-0.39, 0.29) is 65.8 Å². The van der Waals surface area contributed by atoms with Crippen LogP contribution in [0.1, 0.15) is 128 Å². The van der Waals surface area contributed by atoms with E-state index in [1.165, 1.54) is 80.7 Å². The summed E-state index contributed by atoms with van der Waals surface area (Å²) in [5.41, 5.74) is 3.57. The maximum absolute atomic E-state index is 15.2. The molecule has 6 aliphatic rings. The van der Waals surface area contributed by atoms with Gasteiger partial charge in [-0.3, -0.25) is 52.7 Å². The first-order chi connectivity index (χ1) is 42.9. The number of aryl methyl sites for hydroxylation is 1. The first-order valence-corrected chi connectivity index (χ1v) is 31.3. The molecule has 0 spiro atoms. The summed E-state index contributed by atoms with van der Waals surface area (Å²) in [6, 6.07) is -8.00. The highest BCUT2D eigenvalue weighted by molar-refractivity contribution is 6.10. The fourth-order valence-corrected chi connectivity index (χ4v) is 12.8. The van der Waals surface area contributed by atoms with Crippen LogP contribution in [-0.2, 0) is 57.4 Å². The van der Waals surface area contributed by atoms with Gasteiger partial charge in [-0.25, -0.2) is 14.6 Å². The van der Waals surface area contributed by atoms with E-state index in [0.29, 0.717) is 5.56 Å². The van der Waals surface area contributed by atoms with E-state index in [2.05, 4.69) is 21.3 Å². The van der Waals surface area contributed by atoms with Crippen molar-refractivity contribution >= 4 is 87.8 Å². The summed E-state index contributed by atoms with van der Waals surface area (Å²) >= 11 is 0. The number of amides is 10. The fourth-order valence-electron chi connectivity index (χ4n) is 12.8. The second-order valence-corrected chi connectivity index (χ2v) is 26.9. The van der Waals surface area contributed by atoms with Crippen molar-refractivity contribution in [1.82, 2.24) is 55.7 Å². The van der Waals surface area contributed by atoms with Crippen LogP contribution in [0.3, 0.4) is 0 Å². The monoisotopic (exact) mass is 1280 g/mol. The molecule has 0 radical (unpaired) electrons. The Morgan fingerprint density at radius 2 is 1.01 bits per heavy atom. The van der Waals surface area contributed by atoms with E-state index in [4.69, 9.17) is 24.6 Å². The van der Waals surface area contributed by atoms with Crippen LogP contribution in [0.5, 0.6) is 0 Å². The minimum atomic E-state index is -1.89.